The minimum Gasteiger partial charge on any atom is -0.481 e. The molecule has 1 heterocycles. The molecule has 1 fully saturated rings. The van der Waals surface area contributed by atoms with Gasteiger partial charge in [0.05, 0.1) is 17.9 Å². The van der Waals surface area contributed by atoms with Gasteiger partial charge in [-0.05, 0) is 30.0 Å². The number of nitrogens with one attached hydrogen (secondary N) is 1. The summed E-state index contributed by atoms with van der Waals surface area (Å²) in [6, 6.07) is 4.30. The van der Waals surface area contributed by atoms with Crippen LogP contribution in [0, 0.1) is 11.8 Å². The third-order valence-corrected chi connectivity index (χ3v) is 5.21. The van der Waals surface area contributed by atoms with Crippen molar-refractivity contribution < 1.29 is 27.9 Å². The number of carboxylic acid groups (broad SMARTS) is 1. The van der Waals surface area contributed by atoms with Crippen LogP contribution in [0.25, 0.3) is 0 Å². The molecule has 2 aliphatic rings. The third kappa shape index (κ3) is 3.40. The first-order chi connectivity index (χ1) is 11.7. The van der Waals surface area contributed by atoms with Crippen molar-refractivity contribution in [3.8, 4) is 0 Å². The van der Waals surface area contributed by atoms with E-state index in [2.05, 4.69) is 5.32 Å². The minimum atomic E-state index is -4.66. The Morgan fingerprint density at radius 3 is 2.60 bits per heavy atom. The number of hydrogen-bond donors (Lipinski definition) is 2. The molecule has 9 heteroatoms. The second-order valence-electron chi connectivity index (χ2n) is 6.35. The fraction of sp³-hybridized carbons (Fsp3) is 0.500. The molecule has 3 atom stereocenters. The first-order valence-corrected chi connectivity index (χ1v) is 8.18. The van der Waals surface area contributed by atoms with Gasteiger partial charge in [-0.2, -0.15) is 13.2 Å². The highest BCUT2D eigenvalue weighted by molar-refractivity contribution is 6.31. The second-order valence-corrected chi connectivity index (χ2v) is 6.75. The molecular weight excluding hydrogens is 361 g/mol. The summed E-state index contributed by atoms with van der Waals surface area (Å²) >= 11 is 6.11. The Bertz CT molecular complexity index is 710. The third-order valence-electron chi connectivity index (χ3n) is 4.86. The normalized spacial score (nSPS) is 25.8. The second kappa shape index (κ2) is 6.40. The maximum Gasteiger partial charge on any atom is 0.394 e. The van der Waals surface area contributed by atoms with Crippen LogP contribution in [-0.4, -0.2) is 41.3 Å². The van der Waals surface area contributed by atoms with Crippen LogP contribution in [0.3, 0.4) is 0 Å². The topological polar surface area (TPSA) is 69.6 Å². The van der Waals surface area contributed by atoms with E-state index in [0.717, 1.165) is 16.0 Å². The number of alkyl halides is 3. The number of urea groups is 1. The van der Waals surface area contributed by atoms with Gasteiger partial charge in [0.2, 0.25) is 0 Å². The van der Waals surface area contributed by atoms with Crippen molar-refractivity contribution in [2.24, 2.45) is 11.8 Å². The van der Waals surface area contributed by atoms with Crippen molar-refractivity contribution in [1.82, 2.24) is 10.2 Å². The molecule has 136 valence electrons. The fourth-order valence-electron chi connectivity index (χ4n) is 3.55. The van der Waals surface area contributed by atoms with E-state index in [0.29, 0.717) is 17.9 Å². The number of carbonyl (C=O) groups excluding carboxylic acids is 1. The number of rotatable bonds is 2. The van der Waals surface area contributed by atoms with Crippen LogP contribution in [0.2, 0.25) is 5.02 Å². The zero-order chi connectivity index (χ0) is 18.4. The van der Waals surface area contributed by atoms with Crippen LogP contribution in [0.4, 0.5) is 18.0 Å². The summed E-state index contributed by atoms with van der Waals surface area (Å²) < 4.78 is 39.1. The molecule has 1 aliphatic heterocycles. The fourth-order valence-corrected chi connectivity index (χ4v) is 3.83. The van der Waals surface area contributed by atoms with E-state index in [9.17, 15) is 22.8 Å². The molecule has 1 unspecified atom stereocenters. The summed E-state index contributed by atoms with van der Waals surface area (Å²) in [6.45, 7) is -1.11. The molecular formula is C16H16ClF3N2O3. The molecule has 0 spiro atoms. The number of hydrogen-bond acceptors (Lipinski definition) is 2. The van der Waals surface area contributed by atoms with Crippen molar-refractivity contribution in [2.45, 2.75) is 25.1 Å². The summed E-state index contributed by atoms with van der Waals surface area (Å²) in [6.07, 6.45) is -3.39. The lowest BCUT2D eigenvalue weighted by atomic mass is 9.96. The van der Waals surface area contributed by atoms with Crippen LogP contribution in [0.1, 0.15) is 23.6 Å². The van der Waals surface area contributed by atoms with Crippen molar-refractivity contribution in [3.63, 3.8) is 0 Å². The Labute approximate surface area is 146 Å². The molecule has 2 N–H and O–H groups in total. The first kappa shape index (κ1) is 17.8. The van der Waals surface area contributed by atoms with Gasteiger partial charge in [0.1, 0.15) is 0 Å². The highest BCUT2D eigenvalue weighted by Crippen LogP contribution is 2.39. The van der Waals surface area contributed by atoms with Crippen LogP contribution in [-0.2, 0) is 11.2 Å². The van der Waals surface area contributed by atoms with Gasteiger partial charge >= 0.3 is 18.2 Å². The van der Waals surface area contributed by atoms with Crippen LogP contribution in [0.15, 0.2) is 18.2 Å². The molecule has 1 aromatic rings. The number of benzene rings is 1. The number of carboxylic acids is 1. The molecule has 0 saturated carbocycles. The number of fused-ring (bicyclic) bond motifs is 1. The molecule has 0 aromatic heterocycles. The van der Waals surface area contributed by atoms with Crippen molar-refractivity contribution in [2.75, 3.05) is 13.1 Å². The molecule has 2 amide bonds. The zero-order valence-corrected chi connectivity index (χ0v) is 13.8. The van der Waals surface area contributed by atoms with Gasteiger partial charge in [-0.15, -0.1) is 0 Å². The Hall–Kier alpha value is -1.96. The molecule has 25 heavy (non-hydrogen) atoms. The Morgan fingerprint density at radius 1 is 1.28 bits per heavy atom. The van der Waals surface area contributed by atoms with Gasteiger partial charge in [-0.25, -0.2) is 4.79 Å². The average molecular weight is 377 g/mol. The van der Waals surface area contributed by atoms with Gasteiger partial charge in [0.25, 0.3) is 0 Å². The molecule has 1 aromatic carbocycles. The maximum absolute atomic E-state index is 13.0. The summed E-state index contributed by atoms with van der Waals surface area (Å²) in [5.74, 6) is -5.24. The van der Waals surface area contributed by atoms with Gasteiger partial charge in [0, 0.05) is 18.1 Å². The molecule has 1 saturated heterocycles. The largest absolute Gasteiger partial charge is 0.481 e. The van der Waals surface area contributed by atoms with Gasteiger partial charge in [-0.3, -0.25) is 4.79 Å². The van der Waals surface area contributed by atoms with E-state index >= 15 is 0 Å². The predicted octanol–water partition coefficient (Wildman–Crippen LogP) is 3.23. The SMILES string of the molecule is O=C(O)[C@@H]1CN(C(=O)NC2CCc3c(Cl)cccc32)C[C@H]1C(F)(F)F. The lowest BCUT2D eigenvalue weighted by Gasteiger charge is -2.21. The summed E-state index contributed by atoms with van der Waals surface area (Å²) in [4.78, 5) is 24.4. The molecule has 3 rings (SSSR count). The van der Waals surface area contributed by atoms with E-state index in [4.69, 9.17) is 16.7 Å². The van der Waals surface area contributed by atoms with Gasteiger partial charge in [-0.1, -0.05) is 23.7 Å². The quantitative estimate of drug-likeness (QED) is 0.832. The monoisotopic (exact) mass is 376 g/mol. The lowest BCUT2D eigenvalue weighted by Crippen LogP contribution is -2.40. The van der Waals surface area contributed by atoms with Crippen LogP contribution < -0.4 is 5.32 Å². The summed E-state index contributed by atoms with van der Waals surface area (Å²) in [5, 5.41) is 12.3. The number of carbonyl (C=O) groups is 2. The van der Waals surface area contributed by atoms with E-state index < -0.39 is 43.1 Å². The van der Waals surface area contributed by atoms with Crippen LogP contribution in [0.5, 0.6) is 0 Å². The predicted molar refractivity (Wildman–Crippen MR) is 83.3 cm³/mol. The number of amides is 2. The highest BCUT2D eigenvalue weighted by atomic mass is 35.5. The molecule has 5 nitrogen and oxygen atoms in total. The Kier molecular flexibility index (Phi) is 4.57. The summed E-state index contributed by atoms with van der Waals surface area (Å²) in [7, 11) is 0. The maximum atomic E-state index is 13.0. The number of halogens is 4. The molecule has 0 radical (unpaired) electrons. The highest BCUT2D eigenvalue weighted by Gasteiger charge is 2.53. The van der Waals surface area contributed by atoms with Crippen molar-refractivity contribution in [3.05, 3.63) is 34.3 Å². The van der Waals surface area contributed by atoms with Gasteiger partial charge in [0.15, 0.2) is 0 Å². The van der Waals surface area contributed by atoms with E-state index in [1.165, 1.54) is 0 Å². The molecule has 0 bridgehead atoms. The smallest absolute Gasteiger partial charge is 0.394 e. The lowest BCUT2D eigenvalue weighted by molar-refractivity contribution is -0.187. The Morgan fingerprint density at radius 2 is 2.00 bits per heavy atom. The first-order valence-electron chi connectivity index (χ1n) is 7.80. The number of nitrogens with zero attached hydrogens (tertiary/aromatic N) is 1. The van der Waals surface area contributed by atoms with E-state index in [-0.39, 0.29) is 6.04 Å². The number of likely N-dealkylation sites (tertiary alicyclic amines) is 1. The number of aliphatic carboxylic acids is 1. The van der Waals surface area contributed by atoms with Crippen molar-refractivity contribution >= 4 is 23.6 Å². The molecule has 1 aliphatic carbocycles. The summed E-state index contributed by atoms with van der Waals surface area (Å²) in [5.41, 5.74) is 1.77. The standard InChI is InChI=1S/C16H16ClF3N2O3/c17-12-3-1-2-9-8(12)4-5-13(9)21-15(25)22-6-10(14(23)24)11(7-22)16(18,19)20/h1-3,10-11,13H,4-7H2,(H,21,25)(H,23,24)/t10-,11-,13?/m1/s1. The van der Waals surface area contributed by atoms with Gasteiger partial charge < -0.3 is 15.3 Å². The van der Waals surface area contributed by atoms with Crippen LogP contribution >= 0.6 is 11.6 Å². The Balaban J connectivity index is 1.71. The zero-order valence-electron chi connectivity index (χ0n) is 13.0. The van der Waals surface area contributed by atoms with E-state index in [1.807, 2.05) is 6.07 Å². The van der Waals surface area contributed by atoms with E-state index in [1.54, 1.807) is 12.1 Å². The van der Waals surface area contributed by atoms with Crippen molar-refractivity contribution in [1.29, 1.82) is 0 Å². The minimum absolute atomic E-state index is 0.339. The average Bonchev–Trinajstić information content (AvgIpc) is 3.12.